The van der Waals surface area contributed by atoms with Gasteiger partial charge in [0.05, 0.1) is 6.61 Å². The molecule has 0 atom stereocenters. The third-order valence-corrected chi connectivity index (χ3v) is 3.53. The van der Waals surface area contributed by atoms with Crippen molar-refractivity contribution in [3.05, 3.63) is 47.3 Å². The van der Waals surface area contributed by atoms with Crippen LogP contribution in [0.4, 0.5) is 0 Å². The molecule has 0 radical (unpaired) electrons. The first kappa shape index (κ1) is 17.1. The molecule has 0 saturated carbocycles. The third kappa shape index (κ3) is 5.77. The average molecular weight is 315 g/mol. The smallest absolute Gasteiger partial charge is 0.271 e. The van der Waals surface area contributed by atoms with Crippen molar-refractivity contribution in [2.45, 2.75) is 39.5 Å². The van der Waals surface area contributed by atoms with E-state index in [9.17, 15) is 4.79 Å². The number of rotatable bonds is 9. The number of hydrogen-bond acceptors (Lipinski definition) is 3. The summed E-state index contributed by atoms with van der Waals surface area (Å²) in [4.78, 5) is 11.9. The van der Waals surface area contributed by atoms with Gasteiger partial charge in [0.1, 0.15) is 11.4 Å². The second kappa shape index (κ2) is 8.98. The van der Waals surface area contributed by atoms with E-state index in [0.29, 0.717) is 18.8 Å². The van der Waals surface area contributed by atoms with Crippen LogP contribution in [0.1, 0.15) is 47.9 Å². The Bertz CT molecular complexity index is 605. The number of aromatic nitrogens is 2. The molecule has 2 N–H and O–H groups in total. The second-order valence-electron chi connectivity index (χ2n) is 5.65. The van der Waals surface area contributed by atoms with Gasteiger partial charge in [0, 0.05) is 12.2 Å². The first-order valence-corrected chi connectivity index (χ1v) is 8.21. The summed E-state index contributed by atoms with van der Waals surface area (Å²) in [7, 11) is 0. The number of aryl methyl sites for hydroxylation is 2. The number of carbonyl (C=O) groups is 1. The molecule has 1 aromatic heterocycles. The number of nitrogens with zero attached hydrogens (tertiary/aromatic N) is 1. The van der Waals surface area contributed by atoms with E-state index in [4.69, 9.17) is 4.74 Å². The summed E-state index contributed by atoms with van der Waals surface area (Å²) in [6.07, 6.45) is 3.72. The van der Waals surface area contributed by atoms with E-state index in [1.807, 2.05) is 30.3 Å². The molecule has 5 nitrogen and oxygen atoms in total. The predicted molar refractivity (Wildman–Crippen MR) is 90.8 cm³/mol. The molecule has 0 aliphatic carbocycles. The molecule has 0 aliphatic rings. The number of ether oxygens (including phenoxy) is 1. The van der Waals surface area contributed by atoms with Crippen molar-refractivity contribution in [2.24, 2.45) is 0 Å². The molecule has 1 aromatic carbocycles. The summed E-state index contributed by atoms with van der Waals surface area (Å²) in [6.45, 7) is 5.43. The number of unbranched alkanes of at least 4 members (excludes halogenated alkanes) is 1. The highest BCUT2D eigenvalue weighted by atomic mass is 16.5. The quantitative estimate of drug-likeness (QED) is 0.698. The van der Waals surface area contributed by atoms with Crippen molar-refractivity contribution < 1.29 is 9.53 Å². The van der Waals surface area contributed by atoms with Crippen LogP contribution in [0, 0.1) is 6.92 Å². The van der Waals surface area contributed by atoms with Gasteiger partial charge in [-0.15, -0.1) is 0 Å². The summed E-state index contributed by atoms with van der Waals surface area (Å²) >= 11 is 0. The molecule has 2 aromatic rings. The molecule has 0 fully saturated rings. The van der Waals surface area contributed by atoms with E-state index < -0.39 is 0 Å². The summed E-state index contributed by atoms with van der Waals surface area (Å²) in [6, 6.07) is 9.84. The topological polar surface area (TPSA) is 67.0 Å². The van der Waals surface area contributed by atoms with Gasteiger partial charge >= 0.3 is 0 Å². The van der Waals surface area contributed by atoms with Crippen LogP contribution in [0.3, 0.4) is 0 Å². The van der Waals surface area contributed by atoms with Gasteiger partial charge in [-0.2, -0.15) is 5.10 Å². The lowest BCUT2D eigenvalue weighted by Crippen LogP contribution is -2.25. The molecule has 0 bridgehead atoms. The largest absolute Gasteiger partial charge is 0.494 e. The fourth-order valence-electron chi connectivity index (χ4n) is 2.22. The highest BCUT2D eigenvalue weighted by Gasteiger charge is 2.09. The Morgan fingerprint density at radius 1 is 1.26 bits per heavy atom. The van der Waals surface area contributed by atoms with Crippen LogP contribution in [0.5, 0.6) is 5.75 Å². The summed E-state index contributed by atoms with van der Waals surface area (Å²) < 4.78 is 5.65. The summed E-state index contributed by atoms with van der Waals surface area (Å²) in [5.41, 5.74) is 2.69. The van der Waals surface area contributed by atoms with Crippen molar-refractivity contribution >= 4 is 5.91 Å². The molecular formula is C18H25N3O2. The number of amides is 1. The normalized spacial score (nSPS) is 10.5. The van der Waals surface area contributed by atoms with Crippen LogP contribution in [0.15, 0.2) is 30.3 Å². The van der Waals surface area contributed by atoms with Gasteiger partial charge in [-0.25, -0.2) is 0 Å². The molecule has 1 amide bonds. The summed E-state index contributed by atoms with van der Waals surface area (Å²) in [5, 5.41) is 9.81. The van der Waals surface area contributed by atoms with Gasteiger partial charge in [-0.3, -0.25) is 9.89 Å². The van der Waals surface area contributed by atoms with Crippen molar-refractivity contribution in [1.82, 2.24) is 15.5 Å². The molecule has 23 heavy (non-hydrogen) atoms. The Morgan fingerprint density at radius 2 is 2.04 bits per heavy atom. The zero-order valence-corrected chi connectivity index (χ0v) is 13.9. The number of benzene rings is 1. The van der Waals surface area contributed by atoms with Crippen LogP contribution in [0.25, 0.3) is 0 Å². The number of H-pyrrole nitrogens is 1. The lowest BCUT2D eigenvalue weighted by Gasteiger charge is -2.07. The van der Waals surface area contributed by atoms with Crippen LogP contribution >= 0.6 is 0 Å². The van der Waals surface area contributed by atoms with Crippen molar-refractivity contribution in [3.8, 4) is 5.75 Å². The minimum atomic E-state index is -0.122. The minimum absolute atomic E-state index is 0.122. The Hall–Kier alpha value is -2.30. The number of nitrogens with one attached hydrogen (secondary N) is 2. The fourth-order valence-corrected chi connectivity index (χ4v) is 2.22. The number of hydrogen-bond donors (Lipinski definition) is 2. The SMILES string of the molecule is CCCc1cc(C(=O)NCCCCOc2ccc(C)cc2)n[nH]1. The minimum Gasteiger partial charge on any atom is -0.494 e. The summed E-state index contributed by atoms with van der Waals surface area (Å²) in [5.74, 6) is 0.766. The maximum absolute atomic E-state index is 11.9. The third-order valence-electron chi connectivity index (χ3n) is 3.53. The molecule has 124 valence electrons. The maximum Gasteiger partial charge on any atom is 0.271 e. The monoisotopic (exact) mass is 315 g/mol. The van der Waals surface area contributed by atoms with Crippen LogP contribution in [-0.2, 0) is 6.42 Å². The molecule has 2 rings (SSSR count). The van der Waals surface area contributed by atoms with E-state index >= 15 is 0 Å². The van der Waals surface area contributed by atoms with Crippen molar-refractivity contribution in [1.29, 1.82) is 0 Å². The van der Waals surface area contributed by atoms with E-state index in [1.54, 1.807) is 0 Å². The zero-order valence-electron chi connectivity index (χ0n) is 13.9. The van der Waals surface area contributed by atoms with Crippen LogP contribution < -0.4 is 10.1 Å². The van der Waals surface area contributed by atoms with Gasteiger partial charge in [-0.05, 0) is 44.4 Å². The highest BCUT2D eigenvalue weighted by Crippen LogP contribution is 2.11. The standard InChI is InChI=1S/C18H25N3O2/c1-3-6-15-13-17(21-20-15)18(22)19-11-4-5-12-23-16-9-7-14(2)8-10-16/h7-10,13H,3-6,11-12H2,1-2H3,(H,19,22)(H,20,21). The van der Waals surface area contributed by atoms with Gasteiger partial charge < -0.3 is 10.1 Å². The number of carbonyl (C=O) groups excluding carboxylic acids is 1. The van der Waals surface area contributed by atoms with E-state index in [-0.39, 0.29) is 5.91 Å². The lowest BCUT2D eigenvalue weighted by atomic mass is 10.2. The average Bonchev–Trinajstić information content (AvgIpc) is 3.01. The molecule has 0 spiro atoms. The molecule has 0 saturated heterocycles. The van der Waals surface area contributed by atoms with Gasteiger partial charge in [0.2, 0.25) is 0 Å². The maximum atomic E-state index is 11.9. The van der Waals surface area contributed by atoms with Crippen molar-refractivity contribution in [3.63, 3.8) is 0 Å². The van der Waals surface area contributed by atoms with Gasteiger partial charge in [-0.1, -0.05) is 31.0 Å². The Labute approximate surface area is 137 Å². The van der Waals surface area contributed by atoms with E-state index in [1.165, 1.54) is 5.56 Å². The Morgan fingerprint density at radius 3 is 2.78 bits per heavy atom. The fraction of sp³-hybridized carbons (Fsp3) is 0.444. The molecule has 0 unspecified atom stereocenters. The lowest BCUT2D eigenvalue weighted by molar-refractivity contribution is 0.0947. The van der Waals surface area contributed by atoms with Crippen LogP contribution in [-0.4, -0.2) is 29.3 Å². The second-order valence-corrected chi connectivity index (χ2v) is 5.65. The van der Waals surface area contributed by atoms with Gasteiger partial charge in [0.25, 0.3) is 5.91 Å². The first-order chi connectivity index (χ1) is 11.2. The first-order valence-electron chi connectivity index (χ1n) is 8.21. The van der Waals surface area contributed by atoms with Crippen LogP contribution in [0.2, 0.25) is 0 Å². The van der Waals surface area contributed by atoms with E-state index in [0.717, 1.165) is 37.1 Å². The Balaban J connectivity index is 1.59. The molecular weight excluding hydrogens is 290 g/mol. The van der Waals surface area contributed by atoms with Crippen molar-refractivity contribution in [2.75, 3.05) is 13.2 Å². The number of aromatic amines is 1. The molecule has 5 heteroatoms. The Kier molecular flexibility index (Phi) is 6.66. The van der Waals surface area contributed by atoms with Gasteiger partial charge in [0.15, 0.2) is 0 Å². The predicted octanol–water partition coefficient (Wildman–Crippen LogP) is 3.26. The zero-order chi connectivity index (χ0) is 16.5. The molecule has 0 aliphatic heterocycles. The molecule has 1 heterocycles. The highest BCUT2D eigenvalue weighted by molar-refractivity contribution is 5.92. The van der Waals surface area contributed by atoms with E-state index in [2.05, 4.69) is 29.4 Å².